The van der Waals surface area contributed by atoms with Crippen molar-refractivity contribution in [3.63, 3.8) is 0 Å². The van der Waals surface area contributed by atoms with Gasteiger partial charge in [-0.25, -0.2) is 0 Å². The molecule has 0 spiro atoms. The second-order valence-electron chi connectivity index (χ2n) is 5.93. The predicted molar refractivity (Wildman–Crippen MR) is 77.0 cm³/mol. The Morgan fingerprint density at radius 2 is 2.32 bits per heavy atom. The van der Waals surface area contributed by atoms with Crippen molar-refractivity contribution in [3.8, 4) is 6.07 Å². The summed E-state index contributed by atoms with van der Waals surface area (Å²) in [6.45, 7) is 4.37. The lowest BCUT2D eigenvalue weighted by atomic mass is 9.76. The zero-order valence-electron chi connectivity index (χ0n) is 11.7. The van der Waals surface area contributed by atoms with E-state index < -0.39 is 0 Å². The Morgan fingerprint density at radius 1 is 1.53 bits per heavy atom. The Labute approximate surface area is 115 Å². The third-order valence-electron chi connectivity index (χ3n) is 4.09. The van der Waals surface area contributed by atoms with Crippen molar-refractivity contribution in [3.05, 3.63) is 29.3 Å². The number of aliphatic hydroxyl groups is 1. The highest BCUT2D eigenvalue weighted by Gasteiger charge is 2.34. The molecule has 2 atom stereocenters. The molecule has 0 amide bonds. The van der Waals surface area contributed by atoms with Gasteiger partial charge in [-0.05, 0) is 43.4 Å². The molecule has 0 saturated heterocycles. The number of rotatable bonds is 3. The number of nitrogens with zero attached hydrogens (tertiary/aromatic N) is 1. The van der Waals surface area contributed by atoms with Crippen LogP contribution in [0.25, 0.3) is 0 Å². The summed E-state index contributed by atoms with van der Waals surface area (Å²) in [5.41, 5.74) is 2.36. The topological polar surface area (TPSA) is 56.0 Å². The van der Waals surface area contributed by atoms with Crippen LogP contribution in [0.3, 0.4) is 0 Å². The van der Waals surface area contributed by atoms with E-state index in [-0.39, 0.29) is 12.1 Å². The van der Waals surface area contributed by atoms with Gasteiger partial charge in [0.05, 0.1) is 23.4 Å². The summed E-state index contributed by atoms with van der Waals surface area (Å²) in [6.07, 6.45) is 4.28. The van der Waals surface area contributed by atoms with Crippen LogP contribution in [0.5, 0.6) is 0 Å². The van der Waals surface area contributed by atoms with Crippen LogP contribution >= 0.6 is 0 Å². The quantitative estimate of drug-likeness (QED) is 0.875. The van der Waals surface area contributed by atoms with Gasteiger partial charge in [0.25, 0.3) is 0 Å². The second-order valence-corrected chi connectivity index (χ2v) is 5.93. The Morgan fingerprint density at radius 3 is 2.95 bits per heavy atom. The number of nitriles is 1. The Hall–Kier alpha value is -1.53. The number of benzene rings is 1. The molecule has 1 saturated carbocycles. The predicted octanol–water partition coefficient (Wildman–Crippen LogP) is 3.22. The molecule has 1 aliphatic carbocycles. The van der Waals surface area contributed by atoms with E-state index in [4.69, 9.17) is 0 Å². The molecule has 19 heavy (non-hydrogen) atoms. The van der Waals surface area contributed by atoms with E-state index in [1.807, 2.05) is 25.1 Å². The molecule has 3 heteroatoms. The molecule has 0 bridgehead atoms. The van der Waals surface area contributed by atoms with Gasteiger partial charge in [-0.3, -0.25) is 0 Å². The number of anilines is 1. The van der Waals surface area contributed by atoms with Crippen LogP contribution in [0.2, 0.25) is 0 Å². The van der Waals surface area contributed by atoms with Gasteiger partial charge in [-0.2, -0.15) is 5.26 Å². The fourth-order valence-corrected chi connectivity index (χ4v) is 3.10. The first kappa shape index (κ1) is 13.9. The Kier molecular flexibility index (Phi) is 4.11. The highest BCUT2D eigenvalue weighted by atomic mass is 16.3. The summed E-state index contributed by atoms with van der Waals surface area (Å²) in [5.74, 6) is 0.615. The van der Waals surface area contributed by atoms with Gasteiger partial charge >= 0.3 is 0 Å². The number of aryl methyl sites for hydroxylation is 1. The minimum Gasteiger partial charge on any atom is -0.394 e. The first-order valence-electron chi connectivity index (χ1n) is 6.98. The van der Waals surface area contributed by atoms with Crippen LogP contribution in [0.1, 0.15) is 43.7 Å². The minimum absolute atomic E-state index is 0.121. The van der Waals surface area contributed by atoms with Crippen LogP contribution in [-0.4, -0.2) is 17.3 Å². The molecule has 102 valence electrons. The molecular formula is C16H22N2O. The minimum atomic E-state index is -0.267. The van der Waals surface area contributed by atoms with Crippen LogP contribution in [0, 0.1) is 24.2 Å². The highest BCUT2D eigenvalue weighted by molar-refractivity contribution is 5.60. The van der Waals surface area contributed by atoms with Gasteiger partial charge in [0.1, 0.15) is 6.07 Å². The van der Waals surface area contributed by atoms with Crippen LogP contribution in [0.15, 0.2) is 18.2 Å². The first-order chi connectivity index (χ1) is 9.08. The number of nitrogens with one attached hydrogen (secondary N) is 1. The lowest BCUT2D eigenvalue weighted by Gasteiger charge is -2.40. The monoisotopic (exact) mass is 258 g/mol. The van der Waals surface area contributed by atoms with E-state index in [0.29, 0.717) is 11.5 Å². The van der Waals surface area contributed by atoms with Crippen molar-refractivity contribution in [1.29, 1.82) is 5.26 Å². The molecule has 1 aliphatic rings. The van der Waals surface area contributed by atoms with Crippen molar-refractivity contribution in [2.24, 2.45) is 5.92 Å². The lowest BCUT2D eigenvalue weighted by molar-refractivity contribution is 0.149. The van der Waals surface area contributed by atoms with E-state index >= 15 is 0 Å². The zero-order chi connectivity index (χ0) is 13.9. The molecule has 1 aromatic carbocycles. The molecular weight excluding hydrogens is 236 g/mol. The van der Waals surface area contributed by atoms with Gasteiger partial charge in [0.2, 0.25) is 0 Å². The zero-order valence-corrected chi connectivity index (χ0v) is 11.7. The SMILES string of the molecule is Cc1ccc(C#N)c(NC2(CO)CCCC(C)C2)c1. The van der Waals surface area contributed by atoms with Crippen molar-refractivity contribution < 1.29 is 5.11 Å². The van der Waals surface area contributed by atoms with Gasteiger partial charge in [0, 0.05) is 0 Å². The van der Waals surface area contributed by atoms with Crippen LogP contribution in [-0.2, 0) is 0 Å². The second kappa shape index (κ2) is 5.63. The molecule has 0 heterocycles. The normalized spacial score (nSPS) is 26.7. The third-order valence-corrected chi connectivity index (χ3v) is 4.09. The van der Waals surface area contributed by atoms with Crippen molar-refractivity contribution in [2.75, 3.05) is 11.9 Å². The molecule has 1 aromatic rings. The van der Waals surface area contributed by atoms with Crippen molar-refractivity contribution in [1.82, 2.24) is 0 Å². The summed E-state index contributed by atoms with van der Waals surface area (Å²) < 4.78 is 0. The van der Waals surface area contributed by atoms with Gasteiger partial charge in [-0.15, -0.1) is 0 Å². The molecule has 3 nitrogen and oxygen atoms in total. The summed E-state index contributed by atoms with van der Waals surface area (Å²) in [7, 11) is 0. The Bertz CT molecular complexity index is 492. The van der Waals surface area contributed by atoms with E-state index in [1.54, 1.807) is 0 Å². The van der Waals surface area contributed by atoms with Crippen molar-refractivity contribution >= 4 is 5.69 Å². The molecule has 1 fully saturated rings. The van der Waals surface area contributed by atoms with Gasteiger partial charge in [-0.1, -0.05) is 25.8 Å². The molecule has 0 aromatic heterocycles. The Balaban J connectivity index is 2.28. The number of hydrogen-bond donors (Lipinski definition) is 2. The van der Waals surface area contributed by atoms with E-state index in [9.17, 15) is 10.4 Å². The summed E-state index contributed by atoms with van der Waals surface area (Å²) >= 11 is 0. The molecule has 0 aliphatic heterocycles. The summed E-state index contributed by atoms with van der Waals surface area (Å²) in [6, 6.07) is 8.00. The first-order valence-corrected chi connectivity index (χ1v) is 6.98. The average Bonchev–Trinajstić information content (AvgIpc) is 2.39. The van der Waals surface area contributed by atoms with Gasteiger partial charge < -0.3 is 10.4 Å². The van der Waals surface area contributed by atoms with Crippen LogP contribution in [0.4, 0.5) is 5.69 Å². The molecule has 0 radical (unpaired) electrons. The summed E-state index contributed by atoms with van der Waals surface area (Å²) in [4.78, 5) is 0. The molecule has 2 N–H and O–H groups in total. The smallest absolute Gasteiger partial charge is 0.101 e. The fraction of sp³-hybridized carbons (Fsp3) is 0.562. The van der Waals surface area contributed by atoms with Crippen LogP contribution < -0.4 is 5.32 Å². The van der Waals surface area contributed by atoms with E-state index in [2.05, 4.69) is 18.3 Å². The largest absolute Gasteiger partial charge is 0.394 e. The number of aliphatic hydroxyl groups excluding tert-OH is 1. The number of hydrogen-bond acceptors (Lipinski definition) is 3. The highest BCUT2D eigenvalue weighted by Crippen LogP contribution is 2.35. The maximum absolute atomic E-state index is 9.81. The molecule has 2 rings (SSSR count). The third kappa shape index (κ3) is 3.08. The maximum atomic E-state index is 9.81. The van der Waals surface area contributed by atoms with E-state index in [0.717, 1.165) is 30.5 Å². The van der Waals surface area contributed by atoms with E-state index in [1.165, 1.54) is 6.42 Å². The van der Waals surface area contributed by atoms with Gasteiger partial charge in [0.15, 0.2) is 0 Å². The van der Waals surface area contributed by atoms with Crippen molar-refractivity contribution in [2.45, 2.75) is 45.1 Å². The standard InChI is InChI=1S/C16H22N2O/c1-12-5-6-14(10-17)15(8-12)18-16(11-19)7-3-4-13(2)9-16/h5-6,8,13,18-19H,3-4,7,9,11H2,1-2H3. The fourth-order valence-electron chi connectivity index (χ4n) is 3.10. The lowest BCUT2D eigenvalue weighted by Crippen LogP contribution is -2.46. The average molecular weight is 258 g/mol. The maximum Gasteiger partial charge on any atom is 0.101 e. The molecule has 2 unspecified atom stereocenters. The summed E-state index contributed by atoms with van der Waals surface area (Å²) in [5, 5.41) is 22.5.